The molecule has 0 aliphatic heterocycles. The van der Waals surface area contributed by atoms with Crippen molar-refractivity contribution in [3.8, 4) is 6.07 Å². The quantitative estimate of drug-likeness (QED) is 0.593. The van der Waals surface area contributed by atoms with Gasteiger partial charge in [-0.15, -0.1) is 11.8 Å². The predicted molar refractivity (Wildman–Crippen MR) is 97.6 cm³/mol. The number of thioether (sulfide) groups is 1. The van der Waals surface area contributed by atoms with Crippen molar-refractivity contribution >= 4 is 17.7 Å². The van der Waals surface area contributed by atoms with Crippen LogP contribution in [0.5, 0.6) is 0 Å². The van der Waals surface area contributed by atoms with Crippen LogP contribution in [0.1, 0.15) is 52.5 Å². The first kappa shape index (κ1) is 17.5. The van der Waals surface area contributed by atoms with Gasteiger partial charge in [-0.2, -0.15) is 5.26 Å². The highest BCUT2D eigenvalue weighted by molar-refractivity contribution is 7.98. The van der Waals surface area contributed by atoms with E-state index < -0.39 is 0 Å². The summed E-state index contributed by atoms with van der Waals surface area (Å²) < 4.78 is 5.12. The molecule has 1 aliphatic rings. The van der Waals surface area contributed by atoms with Crippen LogP contribution in [0.3, 0.4) is 0 Å². The Bertz CT molecular complexity index is 827. The lowest BCUT2D eigenvalue weighted by molar-refractivity contribution is 0.0525. The van der Waals surface area contributed by atoms with Crippen LogP contribution >= 0.6 is 11.8 Å². The minimum atomic E-state index is -0.308. The number of hydrogen-bond donors (Lipinski definition) is 0. The number of rotatable bonds is 5. The molecule has 1 aliphatic carbocycles. The van der Waals surface area contributed by atoms with E-state index in [1.807, 2.05) is 24.3 Å². The zero-order valence-corrected chi connectivity index (χ0v) is 15.1. The minimum Gasteiger partial charge on any atom is -0.462 e. The predicted octanol–water partition coefficient (Wildman–Crippen LogP) is 4.30. The summed E-state index contributed by atoms with van der Waals surface area (Å²) >= 11 is 1.51. The van der Waals surface area contributed by atoms with Crippen molar-refractivity contribution in [1.82, 2.24) is 4.98 Å². The Kier molecular flexibility index (Phi) is 5.72. The first-order valence-corrected chi connectivity index (χ1v) is 9.52. The molecule has 128 valence electrons. The average Bonchev–Trinajstić information content (AvgIpc) is 2.66. The molecule has 0 amide bonds. The van der Waals surface area contributed by atoms with Gasteiger partial charge in [-0.3, -0.25) is 0 Å². The average molecular weight is 352 g/mol. The molecule has 0 atom stereocenters. The van der Waals surface area contributed by atoms with Gasteiger partial charge in [0, 0.05) is 11.4 Å². The topological polar surface area (TPSA) is 63.0 Å². The maximum absolute atomic E-state index is 12.1. The van der Waals surface area contributed by atoms with Crippen LogP contribution in [0, 0.1) is 11.3 Å². The van der Waals surface area contributed by atoms with Gasteiger partial charge in [0.05, 0.1) is 17.7 Å². The van der Waals surface area contributed by atoms with E-state index in [1.165, 1.54) is 23.7 Å². The Labute approximate surface area is 152 Å². The second-order valence-corrected chi connectivity index (χ2v) is 6.90. The van der Waals surface area contributed by atoms with Crippen LogP contribution in [-0.4, -0.2) is 17.6 Å². The maximum atomic E-state index is 12.1. The van der Waals surface area contributed by atoms with E-state index in [-0.39, 0.29) is 5.97 Å². The number of nitrogens with zero attached hydrogens (tertiary/aromatic N) is 2. The van der Waals surface area contributed by atoms with Crippen molar-refractivity contribution in [3.63, 3.8) is 0 Å². The van der Waals surface area contributed by atoms with Crippen LogP contribution in [-0.2, 0) is 23.3 Å². The maximum Gasteiger partial charge on any atom is 0.338 e. The molecule has 25 heavy (non-hydrogen) atoms. The minimum absolute atomic E-state index is 0.308. The van der Waals surface area contributed by atoms with Crippen LogP contribution in [0.15, 0.2) is 35.4 Å². The number of aromatic nitrogens is 1. The van der Waals surface area contributed by atoms with Crippen molar-refractivity contribution in [2.24, 2.45) is 0 Å². The summed E-state index contributed by atoms with van der Waals surface area (Å²) in [6.45, 7) is 2.15. The molecule has 1 heterocycles. The van der Waals surface area contributed by atoms with Gasteiger partial charge in [0.1, 0.15) is 11.1 Å². The molecule has 0 radical (unpaired) electrons. The van der Waals surface area contributed by atoms with E-state index in [4.69, 9.17) is 9.72 Å². The van der Waals surface area contributed by atoms with E-state index in [0.29, 0.717) is 23.5 Å². The summed E-state index contributed by atoms with van der Waals surface area (Å²) in [6.07, 6.45) is 4.31. The second kappa shape index (κ2) is 8.17. The van der Waals surface area contributed by atoms with E-state index >= 15 is 0 Å². The summed E-state index contributed by atoms with van der Waals surface area (Å²) in [6, 6.07) is 11.7. The molecule has 0 saturated heterocycles. The van der Waals surface area contributed by atoms with E-state index in [9.17, 15) is 10.1 Å². The van der Waals surface area contributed by atoms with Gasteiger partial charge < -0.3 is 4.74 Å². The van der Waals surface area contributed by atoms with Crippen molar-refractivity contribution in [2.45, 2.75) is 43.4 Å². The molecular formula is C20H20N2O2S. The number of hydrogen-bond acceptors (Lipinski definition) is 5. The van der Waals surface area contributed by atoms with Crippen molar-refractivity contribution in [3.05, 3.63) is 58.3 Å². The zero-order valence-electron chi connectivity index (χ0n) is 14.2. The Morgan fingerprint density at radius 1 is 1.32 bits per heavy atom. The lowest BCUT2D eigenvalue weighted by Gasteiger charge is -2.16. The Morgan fingerprint density at radius 3 is 2.92 bits per heavy atom. The Balaban J connectivity index is 1.83. The number of aryl methyl sites for hydroxylation is 2. The van der Waals surface area contributed by atoms with Crippen LogP contribution in [0.25, 0.3) is 0 Å². The molecule has 0 spiro atoms. The second-order valence-electron chi connectivity index (χ2n) is 5.93. The van der Waals surface area contributed by atoms with Gasteiger partial charge in [-0.25, -0.2) is 9.78 Å². The summed E-state index contributed by atoms with van der Waals surface area (Å²) in [4.78, 5) is 16.8. The number of pyridine rings is 1. The van der Waals surface area contributed by atoms with Gasteiger partial charge in [0.15, 0.2) is 0 Å². The fourth-order valence-electron chi connectivity index (χ4n) is 3.01. The molecule has 5 heteroatoms. The Hall–Kier alpha value is -2.32. The van der Waals surface area contributed by atoms with Crippen molar-refractivity contribution in [1.29, 1.82) is 5.26 Å². The van der Waals surface area contributed by atoms with Gasteiger partial charge in [0.25, 0.3) is 0 Å². The fraction of sp³-hybridized carbons (Fsp3) is 0.350. The molecule has 0 N–H and O–H groups in total. The third-order valence-electron chi connectivity index (χ3n) is 4.26. The molecule has 1 aromatic carbocycles. The largest absolute Gasteiger partial charge is 0.462 e. The standard InChI is InChI=1S/C20H20N2O2S/c1-2-24-20(23)17-9-5-3-8-15(17)13-25-19-16(12-21)11-14-7-4-6-10-18(14)22-19/h3,5,8-9,11H,2,4,6-7,10,13H2,1H3. The lowest BCUT2D eigenvalue weighted by atomic mass is 9.95. The number of carbonyl (C=O) groups is 1. The van der Waals surface area contributed by atoms with Gasteiger partial charge >= 0.3 is 5.97 Å². The summed E-state index contributed by atoms with van der Waals surface area (Å²) in [7, 11) is 0. The Morgan fingerprint density at radius 2 is 2.12 bits per heavy atom. The first-order chi connectivity index (χ1) is 12.2. The number of esters is 1. The van der Waals surface area contributed by atoms with Crippen molar-refractivity contribution in [2.75, 3.05) is 6.61 Å². The van der Waals surface area contributed by atoms with Crippen LogP contribution in [0.4, 0.5) is 0 Å². The summed E-state index contributed by atoms with van der Waals surface area (Å²) in [5.74, 6) is 0.271. The smallest absolute Gasteiger partial charge is 0.338 e. The third kappa shape index (κ3) is 4.02. The number of ether oxygens (including phenoxy) is 1. The van der Waals surface area contributed by atoms with Crippen LogP contribution in [0.2, 0.25) is 0 Å². The molecule has 3 rings (SSSR count). The highest BCUT2D eigenvalue weighted by Crippen LogP contribution is 2.30. The van der Waals surface area contributed by atoms with Gasteiger partial charge in [-0.05, 0) is 55.9 Å². The molecule has 0 bridgehead atoms. The first-order valence-electron chi connectivity index (χ1n) is 8.53. The molecule has 4 nitrogen and oxygen atoms in total. The molecule has 0 unspecified atom stereocenters. The zero-order chi connectivity index (χ0) is 17.6. The van der Waals surface area contributed by atoms with Crippen molar-refractivity contribution < 1.29 is 9.53 Å². The normalized spacial score (nSPS) is 13.0. The number of carbonyl (C=O) groups excluding carboxylic acids is 1. The third-order valence-corrected chi connectivity index (χ3v) is 5.30. The number of fused-ring (bicyclic) bond motifs is 1. The van der Waals surface area contributed by atoms with E-state index in [1.54, 1.807) is 13.0 Å². The SMILES string of the molecule is CCOC(=O)c1ccccc1CSc1nc2c(cc1C#N)CCCC2. The van der Waals surface area contributed by atoms with E-state index in [2.05, 4.69) is 6.07 Å². The number of benzene rings is 1. The molecule has 0 saturated carbocycles. The molecule has 0 fully saturated rings. The van der Waals surface area contributed by atoms with Gasteiger partial charge in [0.2, 0.25) is 0 Å². The van der Waals surface area contributed by atoms with Gasteiger partial charge in [-0.1, -0.05) is 18.2 Å². The summed E-state index contributed by atoms with van der Waals surface area (Å²) in [5.41, 5.74) is 4.42. The van der Waals surface area contributed by atoms with E-state index in [0.717, 1.165) is 35.5 Å². The highest BCUT2D eigenvalue weighted by atomic mass is 32.2. The van der Waals surface area contributed by atoms with Crippen LogP contribution < -0.4 is 0 Å². The summed E-state index contributed by atoms with van der Waals surface area (Å²) in [5, 5.41) is 10.2. The number of nitriles is 1. The lowest BCUT2D eigenvalue weighted by Crippen LogP contribution is -2.08. The monoisotopic (exact) mass is 352 g/mol. The molecule has 2 aromatic rings. The highest BCUT2D eigenvalue weighted by Gasteiger charge is 2.17. The molecular weight excluding hydrogens is 332 g/mol. The molecule has 1 aromatic heterocycles. The fourth-order valence-corrected chi connectivity index (χ4v) is 3.98.